The fourth-order valence-electron chi connectivity index (χ4n) is 4.82. The summed E-state index contributed by atoms with van der Waals surface area (Å²) < 4.78 is 7.24. The number of nitrogen functional groups attached to an aromatic ring is 1. The van der Waals surface area contributed by atoms with Crippen LogP contribution in [-0.4, -0.2) is 51.8 Å². The lowest BCUT2D eigenvalue weighted by molar-refractivity contribution is 0.0921. The van der Waals surface area contributed by atoms with E-state index in [9.17, 15) is 4.79 Å². The summed E-state index contributed by atoms with van der Waals surface area (Å²) in [6.45, 7) is 6.27. The first-order valence-corrected chi connectivity index (χ1v) is 11.5. The number of benzene rings is 1. The largest absolute Gasteiger partial charge is 0.450 e. The van der Waals surface area contributed by atoms with Crippen LogP contribution in [0.4, 0.5) is 10.6 Å². The summed E-state index contributed by atoms with van der Waals surface area (Å²) in [5.74, 6) is 1.26. The molecule has 3 N–H and O–H groups in total. The third-order valence-corrected chi connectivity index (χ3v) is 6.66. The molecule has 2 fully saturated rings. The van der Waals surface area contributed by atoms with Gasteiger partial charge in [-0.15, -0.1) is 0 Å². The molecule has 1 amide bonds. The number of likely N-dealkylation sites (tertiary alicyclic amines) is 1. The number of nitrogens with zero attached hydrogens (tertiary/aromatic N) is 4. The first-order valence-electron chi connectivity index (χ1n) is 11.5. The van der Waals surface area contributed by atoms with Crippen LogP contribution >= 0.6 is 0 Å². The lowest BCUT2D eigenvalue weighted by atomic mass is 9.79. The van der Waals surface area contributed by atoms with Gasteiger partial charge in [-0.25, -0.2) is 14.8 Å². The van der Waals surface area contributed by atoms with Crippen LogP contribution in [-0.2, 0) is 11.3 Å². The molecule has 2 aliphatic rings. The van der Waals surface area contributed by atoms with Crippen molar-refractivity contribution < 1.29 is 9.53 Å². The van der Waals surface area contributed by atoms with Crippen molar-refractivity contribution in [2.24, 2.45) is 5.92 Å². The van der Waals surface area contributed by atoms with Crippen LogP contribution in [0.2, 0.25) is 0 Å². The Labute approximate surface area is 187 Å². The maximum Gasteiger partial charge on any atom is 0.407 e. The molecule has 0 atom stereocenters. The number of ether oxygens (including phenoxy) is 1. The van der Waals surface area contributed by atoms with Gasteiger partial charge in [-0.05, 0) is 62.4 Å². The summed E-state index contributed by atoms with van der Waals surface area (Å²) in [6, 6.07) is 8.56. The number of hydrogen-bond donors (Lipinski definition) is 2. The zero-order chi connectivity index (χ0) is 22.1. The predicted octanol–water partition coefficient (Wildman–Crippen LogP) is 3.58. The Morgan fingerprint density at radius 2 is 2.12 bits per heavy atom. The second-order valence-corrected chi connectivity index (χ2v) is 8.83. The molecule has 0 spiro atoms. The van der Waals surface area contributed by atoms with E-state index in [-0.39, 0.29) is 0 Å². The van der Waals surface area contributed by atoms with Gasteiger partial charge in [0.05, 0.1) is 12.0 Å². The maximum absolute atomic E-state index is 11.7. The van der Waals surface area contributed by atoms with E-state index in [0.717, 1.165) is 33.6 Å². The molecule has 1 saturated carbocycles. The SMILES string of the molecule is CCOC(=O)NCc1cccc(-c2cn(C3CC(CN4CCC4)C3)c3ncnc(N)c23)c1. The van der Waals surface area contributed by atoms with Gasteiger partial charge in [-0.3, -0.25) is 0 Å². The molecule has 3 aromatic rings. The van der Waals surface area contributed by atoms with Crippen molar-refractivity contribution in [2.45, 2.75) is 38.8 Å². The van der Waals surface area contributed by atoms with Crippen LogP contribution in [0, 0.1) is 5.92 Å². The summed E-state index contributed by atoms with van der Waals surface area (Å²) in [4.78, 5) is 23.1. The molecular formula is C24H30N6O2. The van der Waals surface area contributed by atoms with Crippen LogP contribution in [0.1, 0.15) is 37.8 Å². The van der Waals surface area contributed by atoms with Crippen molar-refractivity contribution in [3.05, 3.63) is 42.4 Å². The van der Waals surface area contributed by atoms with Crippen LogP contribution in [0.15, 0.2) is 36.8 Å². The number of alkyl carbamates (subject to hydrolysis) is 1. The average molecular weight is 435 g/mol. The number of carbonyl (C=O) groups excluding carboxylic acids is 1. The van der Waals surface area contributed by atoms with Crippen LogP contribution in [0.5, 0.6) is 0 Å². The molecule has 3 heterocycles. The number of nitrogens with two attached hydrogens (primary N) is 1. The Hall–Kier alpha value is -3.13. The van der Waals surface area contributed by atoms with Gasteiger partial charge in [-0.2, -0.15) is 0 Å². The monoisotopic (exact) mass is 434 g/mol. The van der Waals surface area contributed by atoms with E-state index in [0.29, 0.717) is 25.0 Å². The van der Waals surface area contributed by atoms with Crippen molar-refractivity contribution in [3.8, 4) is 11.1 Å². The number of hydrogen-bond acceptors (Lipinski definition) is 6. The topological polar surface area (TPSA) is 98.3 Å². The lowest BCUT2D eigenvalue weighted by Crippen LogP contribution is -2.43. The summed E-state index contributed by atoms with van der Waals surface area (Å²) in [5.41, 5.74) is 10.3. The Morgan fingerprint density at radius 3 is 2.88 bits per heavy atom. The molecule has 2 aromatic heterocycles. The van der Waals surface area contributed by atoms with E-state index >= 15 is 0 Å². The number of amides is 1. The lowest BCUT2D eigenvalue weighted by Gasteiger charge is -2.42. The predicted molar refractivity (Wildman–Crippen MR) is 124 cm³/mol. The molecule has 0 unspecified atom stereocenters. The van der Waals surface area contributed by atoms with Crippen LogP contribution in [0.3, 0.4) is 0 Å². The maximum atomic E-state index is 11.7. The van der Waals surface area contributed by atoms with Gasteiger partial charge in [-0.1, -0.05) is 18.2 Å². The Morgan fingerprint density at radius 1 is 1.28 bits per heavy atom. The standard InChI is InChI=1S/C24H30N6O2/c1-2-32-24(31)26-12-16-5-3-6-18(9-16)20-14-30(23-21(20)22(25)27-15-28-23)19-10-17(11-19)13-29-7-4-8-29/h3,5-6,9,14-15,17,19H,2,4,7-8,10-13H2,1H3,(H,26,31)(H2,25,27,28). The highest BCUT2D eigenvalue weighted by atomic mass is 16.5. The Bertz CT molecular complexity index is 1120. The van der Waals surface area contributed by atoms with Crippen molar-refractivity contribution in [3.63, 3.8) is 0 Å². The summed E-state index contributed by atoms with van der Waals surface area (Å²) in [7, 11) is 0. The minimum absolute atomic E-state index is 0.352. The minimum Gasteiger partial charge on any atom is -0.450 e. The molecule has 32 heavy (non-hydrogen) atoms. The first-order chi connectivity index (χ1) is 15.6. The molecule has 1 saturated heterocycles. The number of aromatic nitrogens is 3. The second kappa shape index (κ2) is 8.78. The van der Waals surface area contributed by atoms with Gasteiger partial charge in [0.2, 0.25) is 0 Å². The normalized spacial score (nSPS) is 20.5. The van der Waals surface area contributed by atoms with Gasteiger partial charge in [0.15, 0.2) is 0 Å². The van der Waals surface area contributed by atoms with Crippen molar-refractivity contribution in [1.29, 1.82) is 0 Å². The fourth-order valence-corrected chi connectivity index (χ4v) is 4.82. The molecule has 1 aliphatic heterocycles. The van der Waals surface area contributed by atoms with E-state index in [1.807, 2.05) is 12.1 Å². The highest BCUT2D eigenvalue weighted by Gasteiger charge is 2.34. The quantitative estimate of drug-likeness (QED) is 0.590. The number of rotatable bonds is 7. The van der Waals surface area contributed by atoms with E-state index in [4.69, 9.17) is 10.5 Å². The Kier molecular flexibility index (Phi) is 5.70. The van der Waals surface area contributed by atoms with Crippen LogP contribution in [0.25, 0.3) is 22.2 Å². The number of fused-ring (bicyclic) bond motifs is 1. The molecule has 0 bridgehead atoms. The molecule has 5 rings (SSSR count). The molecule has 1 aliphatic carbocycles. The second-order valence-electron chi connectivity index (χ2n) is 8.83. The smallest absolute Gasteiger partial charge is 0.407 e. The van der Waals surface area contributed by atoms with Gasteiger partial charge in [0.25, 0.3) is 0 Å². The highest BCUT2D eigenvalue weighted by molar-refractivity contribution is 6.00. The molecule has 168 valence electrons. The van der Waals surface area contributed by atoms with Crippen molar-refractivity contribution in [1.82, 2.24) is 24.8 Å². The van der Waals surface area contributed by atoms with E-state index in [1.165, 1.54) is 38.9 Å². The zero-order valence-corrected chi connectivity index (χ0v) is 18.5. The summed E-state index contributed by atoms with van der Waals surface area (Å²) >= 11 is 0. The van der Waals surface area contributed by atoms with E-state index in [2.05, 4.69) is 43.1 Å². The Balaban J connectivity index is 1.40. The van der Waals surface area contributed by atoms with Gasteiger partial charge < -0.3 is 25.3 Å². The van der Waals surface area contributed by atoms with Crippen molar-refractivity contribution in [2.75, 3.05) is 32.0 Å². The minimum atomic E-state index is -0.412. The summed E-state index contributed by atoms with van der Waals surface area (Å²) in [6.07, 6.45) is 7.00. The highest BCUT2D eigenvalue weighted by Crippen LogP contribution is 2.43. The fraction of sp³-hybridized carbons (Fsp3) is 0.458. The number of nitrogens with one attached hydrogen (secondary N) is 1. The van der Waals surface area contributed by atoms with Gasteiger partial charge in [0.1, 0.15) is 17.8 Å². The number of anilines is 1. The van der Waals surface area contributed by atoms with E-state index in [1.54, 1.807) is 13.3 Å². The summed E-state index contributed by atoms with van der Waals surface area (Å²) in [5, 5.41) is 3.68. The van der Waals surface area contributed by atoms with Crippen LogP contribution < -0.4 is 11.1 Å². The number of carbonyl (C=O) groups is 1. The molecule has 8 nitrogen and oxygen atoms in total. The average Bonchev–Trinajstić information content (AvgIpc) is 3.11. The van der Waals surface area contributed by atoms with Crippen molar-refractivity contribution >= 4 is 22.9 Å². The van der Waals surface area contributed by atoms with Gasteiger partial charge >= 0.3 is 6.09 Å². The third kappa shape index (κ3) is 4.02. The van der Waals surface area contributed by atoms with E-state index < -0.39 is 6.09 Å². The molecular weight excluding hydrogens is 404 g/mol. The first kappa shape index (κ1) is 20.8. The third-order valence-electron chi connectivity index (χ3n) is 6.66. The molecule has 0 radical (unpaired) electrons. The van der Waals surface area contributed by atoms with Gasteiger partial charge in [0, 0.05) is 30.9 Å². The molecule has 1 aromatic carbocycles. The molecule has 8 heteroatoms. The zero-order valence-electron chi connectivity index (χ0n) is 18.5.